The van der Waals surface area contributed by atoms with E-state index in [1.54, 1.807) is 99.6 Å². The summed E-state index contributed by atoms with van der Waals surface area (Å²) < 4.78 is 49.0. The average Bonchev–Trinajstić information content (AvgIpc) is 1.63. The van der Waals surface area contributed by atoms with Crippen molar-refractivity contribution in [3.8, 4) is 52.4 Å². The summed E-state index contributed by atoms with van der Waals surface area (Å²) in [5.74, 6) is 1.93. The maximum atomic E-state index is 11.7. The Labute approximate surface area is 544 Å². The quantitative estimate of drug-likeness (QED) is 0.0404. The molecule has 0 bridgehead atoms. The summed E-state index contributed by atoms with van der Waals surface area (Å²) in [5, 5.41) is 73.8. The van der Waals surface area contributed by atoms with Gasteiger partial charge in [0.2, 0.25) is 29.4 Å². The Morgan fingerprint density at radius 1 is 0.426 bits per heavy atom. The molecule has 0 saturated carbocycles. The molecule has 4 aromatic heterocycles. The van der Waals surface area contributed by atoms with Gasteiger partial charge in [-0.3, -0.25) is 19.2 Å². The van der Waals surface area contributed by atoms with Gasteiger partial charge in [-0.05, 0) is 138 Å². The van der Waals surface area contributed by atoms with Crippen LogP contribution in [0.2, 0.25) is 6.82 Å². The number of fused-ring (bicyclic) bond motifs is 4. The van der Waals surface area contributed by atoms with Gasteiger partial charge in [0.15, 0.2) is 23.1 Å². The van der Waals surface area contributed by atoms with Gasteiger partial charge < -0.3 is 82.9 Å². The van der Waals surface area contributed by atoms with Gasteiger partial charge in [-0.2, -0.15) is 4.98 Å². The van der Waals surface area contributed by atoms with E-state index in [0.717, 1.165) is 27.7 Å². The molecular weight excluding hydrogens is 1220 g/mol. The fourth-order valence-corrected chi connectivity index (χ4v) is 9.74. The Morgan fingerprint density at radius 2 is 0.745 bits per heavy atom. The average molecular weight is 1290 g/mol. The molecule has 8 heterocycles. The predicted molar refractivity (Wildman–Crippen MR) is 349 cm³/mol. The number of ether oxygens (including phenoxy) is 5. The molecule has 0 aliphatic carbocycles. The molecule has 8 N–H and O–H groups in total. The van der Waals surface area contributed by atoms with Gasteiger partial charge in [-0.15, -0.1) is 0 Å². The van der Waals surface area contributed by atoms with Gasteiger partial charge >= 0.3 is 28.3 Å². The van der Waals surface area contributed by atoms with Crippen LogP contribution in [-0.4, -0.2) is 145 Å². The van der Waals surface area contributed by atoms with E-state index >= 15 is 0 Å². The zero-order valence-electron chi connectivity index (χ0n) is 49.6. The maximum absolute atomic E-state index is 11.7. The van der Waals surface area contributed by atoms with Crippen LogP contribution in [0.3, 0.4) is 0 Å². The number of aromatic nitrogens is 4. The summed E-state index contributed by atoms with van der Waals surface area (Å²) in [5.41, 5.74) is 9.31. The second kappa shape index (κ2) is 34.2. The number of Topliss-reactive ketones (excluding diaryl/α,β-unsaturated/α-hetero) is 4. The second-order valence-corrected chi connectivity index (χ2v) is 20.4. The van der Waals surface area contributed by atoms with E-state index in [0.29, 0.717) is 101 Å². The van der Waals surface area contributed by atoms with Crippen molar-refractivity contribution >= 4 is 73.3 Å². The van der Waals surface area contributed by atoms with Gasteiger partial charge in [-0.25, -0.2) is 15.0 Å². The van der Waals surface area contributed by atoms with Crippen molar-refractivity contribution in [2.24, 2.45) is 0 Å². The molecule has 12 rings (SSSR count). The molecule has 8 aromatic rings. The number of carbonyl (C=O) groups excluding carboxylic acids is 4. The van der Waals surface area contributed by atoms with Crippen LogP contribution in [0.15, 0.2) is 121 Å². The topological polar surface area (TPSA) is 365 Å². The van der Waals surface area contributed by atoms with Gasteiger partial charge in [0.25, 0.3) is 0 Å². The number of hydrogen-bond acceptors (Lipinski definition) is 25. The summed E-state index contributed by atoms with van der Waals surface area (Å²) in [6, 6.07) is 33.8. The lowest BCUT2D eigenvalue weighted by molar-refractivity contribution is 0.0893. The van der Waals surface area contributed by atoms with Crippen LogP contribution in [-0.2, 0) is 51.7 Å². The standard InChI is InChI=1S/C16H16BNO6.C16H16BNO4.C15H14BNO6.C15H14BNO5.3CH4/c1-2-22-16-12(14(20)8-19)4-6-15(18-16)24-11-3-5-13-10(7-11)9-23-17(13)21;1-10-13(15(20)8-19)4-6-16(18-10)22-12-3-5-14-11(7-12)9-21-17(14)2;18-6-13-11(14(20)7-19)2-4-15(17-13)23-10-1-3-12-9(5-10)8-22-16(12)21;1-9-12(14(19)7-18)3-5-15(17-9)22-11-2-4-13-10(6-11)8-21-16(13)20;;;/h3-7,19,21H,2,8-9H2,1H3;3-7,19H,8-9H2,1-2H3;1-5,18-19,21H,6-8H2;2-6,18,20H,7-8H2,1H3;3*1H4. The lowest BCUT2D eigenvalue weighted by atomic mass is 9.64. The molecule has 0 atom stereocenters. The Bertz CT molecular complexity index is 3870. The first-order chi connectivity index (χ1) is 43.9. The molecule has 4 aromatic carbocycles. The summed E-state index contributed by atoms with van der Waals surface area (Å²) in [6.45, 7) is 6.40. The smallest absolute Gasteiger partial charge is 0.477 e. The van der Waals surface area contributed by atoms with E-state index < -0.39 is 66.0 Å². The zero-order valence-corrected chi connectivity index (χ0v) is 49.6. The summed E-state index contributed by atoms with van der Waals surface area (Å²) in [4.78, 5) is 63.0. The van der Waals surface area contributed by atoms with Crippen LogP contribution in [0.1, 0.15) is 110 Å². The first-order valence-corrected chi connectivity index (χ1v) is 28.4. The minimum absolute atomic E-state index is 0. The van der Waals surface area contributed by atoms with Crippen LogP contribution in [0, 0.1) is 13.8 Å². The van der Waals surface area contributed by atoms with Crippen LogP contribution in [0.25, 0.3) is 0 Å². The van der Waals surface area contributed by atoms with Gasteiger partial charge in [-0.1, -0.05) is 53.4 Å². The number of aliphatic hydroxyl groups is 5. The molecule has 94 heavy (non-hydrogen) atoms. The fourth-order valence-electron chi connectivity index (χ4n) is 9.74. The van der Waals surface area contributed by atoms with Crippen molar-refractivity contribution in [1.29, 1.82) is 0 Å². The van der Waals surface area contributed by atoms with E-state index in [-0.39, 0.29) is 75.2 Å². The Morgan fingerprint density at radius 3 is 1.12 bits per heavy atom. The minimum Gasteiger partial charge on any atom is -0.477 e. The van der Waals surface area contributed by atoms with Crippen molar-refractivity contribution in [2.45, 2.75) is 82.9 Å². The maximum Gasteiger partial charge on any atom is 0.491 e. The van der Waals surface area contributed by atoms with E-state index in [1.165, 1.54) is 29.7 Å². The van der Waals surface area contributed by atoms with Gasteiger partial charge in [0.1, 0.15) is 49.4 Å². The monoisotopic (exact) mass is 1290 g/mol. The molecule has 0 radical (unpaired) electrons. The molecule has 29 heteroatoms. The third kappa shape index (κ3) is 18.0. The zero-order chi connectivity index (χ0) is 64.9. The molecule has 490 valence electrons. The number of ketones is 4. The largest absolute Gasteiger partial charge is 0.491 e. The SMILES string of the molecule is C.C.C.CB1OCc2cc(Oc3ccc(C(=O)CO)c(C)n3)ccc21.CCOc1nc(Oc2ccc3c(c2)COB3O)ccc1C(=O)CO.Cc1nc(Oc2ccc3c(c2)COB3O)ccc1C(=O)CO.O=C(CO)c1ccc(Oc2ccc3c(c2)COB3O)nc1CO. The molecule has 0 saturated heterocycles. The van der Waals surface area contributed by atoms with Crippen LogP contribution >= 0.6 is 0 Å². The molecule has 0 amide bonds. The summed E-state index contributed by atoms with van der Waals surface area (Å²) in [6.07, 6.45) is 0. The van der Waals surface area contributed by atoms with Crippen LogP contribution < -0.4 is 45.5 Å². The first-order valence-electron chi connectivity index (χ1n) is 28.4. The van der Waals surface area contributed by atoms with E-state index in [4.69, 9.17) is 62.7 Å². The molecule has 0 fully saturated rings. The molecule has 4 aliphatic heterocycles. The first kappa shape index (κ1) is 74.0. The lowest BCUT2D eigenvalue weighted by Gasteiger charge is -2.11. The highest BCUT2D eigenvalue weighted by molar-refractivity contribution is 6.67. The Kier molecular flexibility index (Phi) is 26.9. The predicted octanol–water partition coefficient (Wildman–Crippen LogP) is 4.62. The normalized spacial score (nSPS) is 12.6. The molecule has 4 aliphatic rings. The van der Waals surface area contributed by atoms with Crippen molar-refractivity contribution in [3.05, 3.63) is 183 Å². The second-order valence-electron chi connectivity index (χ2n) is 20.4. The van der Waals surface area contributed by atoms with E-state index in [9.17, 15) is 39.4 Å². The number of carbonyl (C=O) groups is 4. The van der Waals surface area contributed by atoms with Crippen molar-refractivity contribution in [2.75, 3.05) is 33.0 Å². The molecule has 25 nitrogen and oxygen atoms in total. The number of nitrogens with zero attached hydrogens (tertiary/aromatic N) is 4. The number of pyridine rings is 4. The molecule has 0 unspecified atom stereocenters. The molecular formula is C65H72B4N4O21. The minimum atomic E-state index is -0.915. The number of rotatable bonds is 19. The number of aliphatic hydroxyl groups excluding tert-OH is 5. The van der Waals surface area contributed by atoms with E-state index in [2.05, 4.69) is 19.9 Å². The van der Waals surface area contributed by atoms with Gasteiger partial charge in [0.05, 0.1) is 62.3 Å². The molecule has 0 spiro atoms. The van der Waals surface area contributed by atoms with Crippen molar-refractivity contribution in [3.63, 3.8) is 0 Å². The summed E-state index contributed by atoms with van der Waals surface area (Å²) >= 11 is 0. The van der Waals surface area contributed by atoms with Gasteiger partial charge in [0, 0.05) is 41.0 Å². The highest BCUT2D eigenvalue weighted by Gasteiger charge is 2.30. The highest BCUT2D eigenvalue weighted by atomic mass is 16.5. The van der Waals surface area contributed by atoms with Crippen LogP contribution in [0.5, 0.6) is 52.4 Å². The highest BCUT2D eigenvalue weighted by Crippen LogP contribution is 2.30. The third-order valence-electron chi connectivity index (χ3n) is 14.4. The van der Waals surface area contributed by atoms with E-state index in [1.807, 2.05) is 25.0 Å². The third-order valence-corrected chi connectivity index (χ3v) is 14.4. The fraction of sp³-hybridized carbons (Fsp3) is 0.262. The lowest BCUT2D eigenvalue weighted by Crippen LogP contribution is -2.27. The van der Waals surface area contributed by atoms with Crippen molar-refractivity contribution < 1.29 is 102 Å². The number of benzene rings is 4. The Hall–Kier alpha value is -9.06. The van der Waals surface area contributed by atoms with Crippen LogP contribution in [0.4, 0.5) is 0 Å². The number of hydrogen-bond donors (Lipinski definition) is 8. The number of aryl methyl sites for hydroxylation is 2. The van der Waals surface area contributed by atoms with Crippen molar-refractivity contribution in [1.82, 2.24) is 19.9 Å². The Balaban J connectivity index is 0.000000197. The summed E-state index contributed by atoms with van der Waals surface area (Å²) in [7, 11) is -2.70.